The molecule has 0 fully saturated rings. The third kappa shape index (κ3) is 7.29. The first-order valence-electron chi connectivity index (χ1n) is 11.5. The molecule has 0 saturated heterocycles. The molecule has 1 aliphatic rings. The summed E-state index contributed by atoms with van der Waals surface area (Å²) in [5.41, 5.74) is 4.58. The van der Waals surface area contributed by atoms with Crippen LogP contribution in [0.1, 0.15) is 109 Å². The van der Waals surface area contributed by atoms with Gasteiger partial charge in [0.1, 0.15) is 0 Å². The van der Waals surface area contributed by atoms with E-state index in [0.717, 1.165) is 11.8 Å². The Labute approximate surface area is 163 Å². The molecule has 0 heterocycles. The molecule has 1 aliphatic carbocycles. The molecular formula is C26H42. The minimum atomic E-state index is 0.932. The lowest BCUT2D eigenvalue weighted by molar-refractivity contribution is 0.361. The number of aryl methyl sites for hydroxylation is 1. The molecule has 26 heavy (non-hydrogen) atoms. The van der Waals surface area contributed by atoms with Crippen molar-refractivity contribution in [2.45, 2.75) is 104 Å². The number of benzene rings is 1. The van der Waals surface area contributed by atoms with E-state index in [4.69, 9.17) is 0 Å². The normalized spacial score (nSPS) is 17.5. The molecule has 0 heteroatoms. The molecular weight excluding hydrogens is 312 g/mol. The second-order valence-electron chi connectivity index (χ2n) is 8.49. The molecule has 0 amide bonds. The maximum atomic E-state index is 2.54. The van der Waals surface area contributed by atoms with Crippen LogP contribution in [-0.2, 0) is 6.42 Å². The third-order valence-corrected chi connectivity index (χ3v) is 6.55. The summed E-state index contributed by atoms with van der Waals surface area (Å²) in [6, 6.07) is 9.49. The van der Waals surface area contributed by atoms with Gasteiger partial charge in [-0.05, 0) is 67.1 Å². The Morgan fingerprint density at radius 1 is 0.923 bits per heavy atom. The van der Waals surface area contributed by atoms with Crippen molar-refractivity contribution in [1.82, 2.24) is 0 Å². The quantitative estimate of drug-likeness (QED) is 0.330. The van der Waals surface area contributed by atoms with E-state index in [1.54, 1.807) is 5.57 Å². The van der Waals surface area contributed by atoms with E-state index in [1.165, 1.54) is 94.6 Å². The van der Waals surface area contributed by atoms with E-state index in [1.807, 2.05) is 0 Å². The Morgan fingerprint density at radius 3 is 2.27 bits per heavy atom. The fraction of sp³-hybridized carbons (Fsp3) is 0.692. The Kier molecular flexibility index (Phi) is 10.1. The van der Waals surface area contributed by atoms with Crippen LogP contribution in [0.15, 0.2) is 30.3 Å². The second-order valence-corrected chi connectivity index (χ2v) is 8.49. The molecule has 0 N–H and O–H groups in total. The lowest BCUT2D eigenvalue weighted by Crippen LogP contribution is -2.08. The maximum absolute atomic E-state index is 2.54. The van der Waals surface area contributed by atoms with Crippen molar-refractivity contribution < 1.29 is 0 Å². The highest BCUT2D eigenvalue weighted by Gasteiger charge is 2.16. The van der Waals surface area contributed by atoms with Gasteiger partial charge >= 0.3 is 0 Å². The van der Waals surface area contributed by atoms with Gasteiger partial charge < -0.3 is 0 Å². The molecule has 0 radical (unpaired) electrons. The molecule has 0 saturated carbocycles. The van der Waals surface area contributed by atoms with Gasteiger partial charge in [0.2, 0.25) is 0 Å². The molecule has 0 nitrogen and oxygen atoms in total. The van der Waals surface area contributed by atoms with Crippen LogP contribution in [0.25, 0.3) is 5.57 Å². The van der Waals surface area contributed by atoms with E-state index in [-0.39, 0.29) is 0 Å². The fourth-order valence-corrected chi connectivity index (χ4v) is 4.40. The Balaban J connectivity index is 1.75. The lowest BCUT2D eigenvalue weighted by atomic mass is 9.82. The maximum Gasteiger partial charge on any atom is -0.0228 e. The van der Waals surface area contributed by atoms with Crippen molar-refractivity contribution in [3.8, 4) is 0 Å². The van der Waals surface area contributed by atoms with Crippen molar-refractivity contribution in [1.29, 1.82) is 0 Å². The van der Waals surface area contributed by atoms with Gasteiger partial charge in [0.05, 0.1) is 0 Å². The predicted molar refractivity (Wildman–Crippen MR) is 118 cm³/mol. The third-order valence-electron chi connectivity index (χ3n) is 6.55. The van der Waals surface area contributed by atoms with E-state index < -0.39 is 0 Å². The molecule has 1 unspecified atom stereocenters. The van der Waals surface area contributed by atoms with Gasteiger partial charge in [-0.25, -0.2) is 0 Å². The van der Waals surface area contributed by atoms with Crippen LogP contribution in [0.5, 0.6) is 0 Å². The summed E-state index contributed by atoms with van der Waals surface area (Å²) in [6.45, 7) is 6.98. The monoisotopic (exact) mass is 354 g/mol. The number of rotatable bonds is 12. The van der Waals surface area contributed by atoms with Crippen molar-refractivity contribution in [2.75, 3.05) is 0 Å². The number of unbranched alkanes of at least 4 members (excludes halogenated alkanes) is 4. The van der Waals surface area contributed by atoms with Crippen LogP contribution >= 0.6 is 0 Å². The van der Waals surface area contributed by atoms with E-state index in [9.17, 15) is 0 Å². The molecule has 0 bridgehead atoms. The number of allylic oxidation sites excluding steroid dienone is 2. The minimum Gasteiger partial charge on any atom is -0.0804 e. The molecule has 1 atom stereocenters. The highest BCUT2D eigenvalue weighted by Crippen LogP contribution is 2.33. The standard InChI is InChI=1S/C26H42/c1-4-7-8-9-10-11-23-14-18-25(19-15-23)26-20-16-24(17-21-26)13-12-22(5-2)6-3/h14-15,18-20,22,24H,4-13,16-17,21H2,1-3H3. The first kappa shape index (κ1) is 21.3. The van der Waals surface area contributed by atoms with Gasteiger partial charge in [0.15, 0.2) is 0 Å². The number of hydrogen-bond acceptors (Lipinski definition) is 0. The molecule has 1 aromatic carbocycles. The van der Waals surface area contributed by atoms with Crippen LogP contribution in [-0.4, -0.2) is 0 Å². The van der Waals surface area contributed by atoms with Crippen molar-refractivity contribution in [2.24, 2.45) is 11.8 Å². The average Bonchev–Trinajstić information content (AvgIpc) is 2.70. The van der Waals surface area contributed by atoms with E-state index in [0.29, 0.717) is 0 Å². The minimum absolute atomic E-state index is 0.932. The van der Waals surface area contributed by atoms with Crippen molar-refractivity contribution in [3.05, 3.63) is 41.5 Å². The Bertz CT molecular complexity index is 503. The number of hydrogen-bond donors (Lipinski definition) is 0. The van der Waals surface area contributed by atoms with Gasteiger partial charge in [-0.1, -0.05) is 96.1 Å². The van der Waals surface area contributed by atoms with Gasteiger partial charge in [-0.3, -0.25) is 0 Å². The highest BCUT2D eigenvalue weighted by atomic mass is 14.2. The van der Waals surface area contributed by atoms with Crippen LogP contribution in [0, 0.1) is 11.8 Å². The van der Waals surface area contributed by atoms with Gasteiger partial charge in [0.25, 0.3) is 0 Å². The summed E-state index contributed by atoms with van der Waals surface area (Å²) in [5.74, 6) is 1.89. The first-order valence-corrected chi connectivity index (χ1v) is 11.5. The largest absolute Gasteiger partial charge is 0.0804 e. The van der Waals surface area contributed by atoms with Crippen LogP contribution in [0.3, 0.4) is 0 Å². The van der Waals surface area contributed by atoms with Crippen LogP contribution in [0.4, 0.5) is 0 Å². The fourth-order valence-electron chi connectivity index (χ4n) is 4.40. The molecule has 146 valence electrons. The van der Waals surface area contributed by atoms with Crippen LogP contribution < -0.4 is 0 Å². The summed E-state index contributed by atoms with van der Waals surface area (Å²) < 4.78 is 0. The van der Waals surface area contributed by atoms with Crippen LogP contribution in [0.2, 0.25) is 0 Å². The summed E-state index contributed by atoms with van der Waals surface area (Å²) in [5, 5.41) is 0. The highest BCUT2D eigenvalue weighted by molar-refractivity contribution is 5.66. The molecule has 0 spiro atoms. The zero-order valence-corrected chi connectivity index (χ0v) is 17.7. The smallest absolute Gasteiger partial charge is 0.0228 e. The second kappa shape index (κ2) is 12.4. The Hall–Kier alpha value is -1.04. The molecule has 0 aliphatic heterocycles. The summed E-state index contributed by atoms with van der Waals surface area (Å²) in [6.07, 6.45) is 20.2. The van der Waals surface area contributed by atoms with Gasteiger partial charge in [0, 0.05) is 0 Å². The SMILES string of the molecule is CCCCCCCc1ccc(C2=CCC(CCC(CC)CC)CC2)cc1. The summed E-state index contributed by atoms with van der Waals surface area (Å²) in [7, 11) is 0. The summed E-state index contributed by atoms with van der Waals surface area (Å²) >= 11 is 0. The van der Waals surface area contributed by atoms with Crippen molar-refractivity contribution >= 4 is 5.57 Å². The van der Waals surface area contributed by atoms with E-state index in [2.05, 4.69) is 51.1 Å². The van der Waals surface area contributed by atoms with Crippen molar-refractivity contribution in [3.63, 3.8) is 0 Å². The van der Waals surface area contributed by atoms with E-state index >= 15 is 0 Å². The molecule has 2 rings (SSSR count). The first-order chi connectivity index (χ1) is 12.8. The predicted octanol–water partition coefficient (Wildman–Crippen LogP) is 8.60. The molecule has 1 aromatic rings. The summed E-state index contributed by atoms with van der Waals surface area (Å²) in [4.78, 5) is 0. The average molecular weight is 355 g/mol. The molecule has 0 aromatic heterocycles. The topological polar surface area (TPSA) is 0 Å². The zero-order chi connectivity index (χ0) is 18.6. The lowest BCUT2D eigenvalue weighted by Gasteiger charge is -2.24. The Morgan fingerprint density at radius 2 is 1.65 bits per heavy atom. The van der Waals surface area contributed by atoms with Gasteiger partial charge in [-0.15, -0.1) is 0 Å². The van der Waals surface area contributed by atoms with Gasteiger partial charge in [-0.2, -0.15) is 0 Å². The zero-order valence-electron chi connectivity index (χ0n) is 17.7.